The Kier molecular flexibility index (Phi) is 2.84. The Hall–Kier alpha value is -1.60. The van der Waals surface area contributed by atoms with Crippen molar-refractivity contribution < 1.29 is 9.47 Å². The van der Waals surface area contributed by atoms with E-state index in [1.54, 1.807) is 25.4 Å². The van der Waals surface area contributed by atoms with Crippen LogP contribution >= 0.6 is 0 Å². The summed E-state index contributed by atoms with van der Waals surface area (Å²) in [4.78, 5) is 4.04. The quantitative estimate of drug-likeness (QED) is 0.748. The molecule has 4 heteroatoms. The van der Waals surface area contributed by atoms with E-state index in [2.05, 4.69) is 11.1 Å². The minimum Gasteiger partial charge on any atom is -0.471 e. The van der Waals surface area contributed by atoms with Crippen LogP contribution in [0.3, 0.4) is 0 Å². The fourth-order valence-corrected chi connectivity index (χ4v) is 1.56. The molecule has 0 unspecified atom stereocenters. The van der Waals surface area contributed by atoms with Gasteiger partial charge in [0.25, 0.3) is 0 Å². The zero-order chi connectivity index (χ0) is 10.7. The van der Waals surface area contributed by atoms with E-state index in [0.717, 1.165) is 12.8 Å². The molecule has 0 bridgehead atoms. The number of methoxy groups -OCH3 is 1. The molecule has 0 aromatic carbocycles. The third-order valence-corrected chi connectivity index (χ3v) is 2.61. The van der Waals surface area contributed by atoms with Gasteiger partial charge in [-0.15, -0.1) is 0 Å². The molecular weight excluding hydrogens is 192 g/mol. The van der Waals surface area contributed by atoms with Crippen LogP contribution in [0, 0.1) is 11.3 Å². The summed E-state index contributed by atoms with van der Waals surface area (Å²) < 4.78 is 10.8. The maximum Gasteiger partial charge on any atom is 0.232 e. The first-order valence-electron chi connectivity index (χ1n) is 4.89. The number of nitrogens with zero attached hydrogens (tertiary/aromatic N) is 2. The molecule has 1 aliphatic carbocycles. The summed E-state index contributed by atoms with van der Waals surface area (Å²) >= 11 is 0. The molecule has 1 heterocycles. The van der Waals surface area contributed by atoms with Crippen molar-refractivity contribution in [3.8, 4) is 11.9 Å². The van der Waals surface area contributed by atoms with Crippen molar-refractivity contribution in [2.45, 2.75) is 25.0 Å². The maximum absolute atomic E-state index is 8.84. The molecular formula is C11H12N2O2. The zero-order valence-corrected chi connectivity index (χ0v) is 8.51. The minimum atomic E-state index is 0.0389. The Balaban J connectivity index is 2.08. The summed E-state index contributed by atoms with van der Waals surface area (Å²) in [5.41, 5.74) is 0.472. The van der Waals surface area contributed by atoms with Gasteiger partial charge >= 0.3 is 0 Å². The number of ether oxygens (including phenoxy) is 2. The third-order valence-electron chi connectivity index (χ3n) is 2.61. The van der Waals surface area contributed by atoms with Gasteiger partial charge in [-0.25, -0.2) is 4.98 Å². The summed E-state index contributed by atoms with van der Waals surface area (Å²) in [5, 5.41) is 8.84. The molecule has 0 N–H and O–H groups in total. The van der Waals surface area contributed by atoms with E-state index in [9.17, 15) is 0 Å². The minimum absolute atomic E-state index is 0.0389. The molecule has 1 aromatic heterocycles. The van der Waals surface area contributed by atoms with Gasteiger partial charge in [0.1, 0.15) is 17.7 Å². The molecule has 15 heavy (non-hydrogen) atoms. The lowest BCUT2D eigenvalue weighted by molar-refractivity contribution is -0.0643. The van der Waals surface area contributed by atoms with Crippen LogP contribution in [0.5, 0.6) is 5.88 Å². The topological polar surface area (TPSA) is 55.1 Å². The van der Waals surface area contributed by atoms with Crippen LogP contribution in [0.15, 0.2) is 18.3 Å². The molecule has 1 saturated carbocycles. The molecule has 0 spiro atoms. The molecule has 0 radical (unpaired) electrons. The van der Waals surface area contributed by atoms with E-state index in [-0.39, 0.29) is 12.2 Å². The summed E-state index contributed by atoms with van der Waals surface area (Å²) in [6, 6.07) is 5.47. The second-order valence-electron chi connectivity index (χ2n) is 3.48. The fourth-order valence-electron chi connectivity index (χ4n) is 1.56. The molecule has 1 aliphatic rings. The Morgan fingerprint density at radius 3 is 2.87 bits per heavy atom. The normalized spacial score (nSPS) is 24.0. The largest absolute Gasteiger partial charge is 0.471 e. The van der Waals surface area contributed by atoms with Gasteiger partial charge in [0, 0.05) is 13.3 Å². The number of hydrogen-bond acceptors (Lipinski definition) is 4. The SMILES string of the molecule is CO[C@@H]1CC[C@H]1Oc1ncccc1C#N. The highest BCUT2D eigenvalue weighted by Gasteiger charge is 2.33. The van der Waals surface area contributed by atoms with E-state index in [0.29, 0.717) is 11.4 Å². The van der Waals surface area contributed by atoms with Gasteiger partial charge in [0.2, 0.25) is 5.88 Å². The first-order valence-corrected chi connectivity index (χ1v) is 4.89. The van der Waals surface area contributed by atoms with Gasteiger partial charge in [-0.05, 0) is 25.0 Å². The van der Waals surface area contributed by atoms with E-state index in [1.165, 1.54) is 0 Å². The van der Waals surface area contributed by atoms with Crippen LogP contribution in [0.1, 0.15) is 18.4 Å². The lowest BCUT2D eigenvalue weighted by Gasteiger charge is -2.34. The number of nitriles is 1. The van der Waals surface area contributed by atoms with Gasteiger partial charge in [-0.3, -0.25) is 0 Å². The van der Waals surface area contributed by atoms with Crippen molar-refractivity contribution >= 4 is 0 Å². The van der Waals surface area contributed by atoms with E-state index in [4.69, 9.17) is 14.7 Å². The van der Waals surface area contributed by atoms with E-state index in [1.807, 2.05) is 0 Å². The smallest absolute Gasteiger partial charge is 0.232 e. The van der Waals surface area contributed by atoms with Crippen LogP contribution in [-0.4, -0.2) is 24.3 Å². The fraction of sp³-hybridized carbons (Fsp3) is 0.455. The predicted octanol–water partition coefficient (Wildman–Crippen LogP) is 1.51. The molecule has 78 valence electrons. The average molecular weight is 204 g/mol. The monoisotopic (exact) mass is 204 g/mol. The van der Waals surface area contributed by atoms with E-state index >= 15 is 0 Å². The Morgan fingerprint density at radius 2 is 2.27 bits per heavy atom. The Labute approximate surface area is 88.5 Å². The summed E-state index contributed by atoms with van der Waals surface area (Å²) in [7, 11) is 1.67. The molecule has 4 nitrogen and oxygen atoms in total. The van der Waals surface area contributed by atoms with Crippen LogP contribution in [0.2, 0.25) is 0 Å². The average Bonchev–Trinajstić information content (AvgIpc) is 2.25. The van der Waals surface area contributed by atoms with Gasteiger partial charge in [-0.2, -0.15) is 5.26 Å². The summed E-state index contributed by atoms with van der Waals surface area (Å²) in [6.45, 7) is 0. The molecule has 1 fully saturated rings. The number of aromatic nitrogens is 1. The van der Waals surface area contributed by atoms with Gasteiger partial charge in [0.05, 0.1) is 6.10 Å². The van der Waals surface area contributed by atoms with Crippen molar-refractivity contribution in [1.82, 2.24) is 4.98 Å². The second kappa shape index (κ2) is 4.28. The lowest BCUT2D eigenvalue weighted by Crippen LogP contribution is -2.43. The van der Waals surface area contributed by atoms with Crippen LogP contribution in [0.4, 0.5) is 0 Å². The second-order valence-corrected chi connectivity index (χ2v) is 3.48. The van der Waals surface area contributed by atoms with Crippen LogP contribution < -0.4 is 4.74 Å². The van der Waals surface area contributed by atoms with Crippen LogP contribution in [0.25, 0.3) is 0 Å². The number of hydrogen-bond donors (Lipinski definition) is 0. The summed E-state index contributed by atoms with van der Waals surface area (Å²) in [5.74, 6) is 0.409. The molecule has 0 amide bonds. The molecule has 1 aromatic rings. The standard InChI is InChI=1S/C11H12N2O2/c1-14-9-4-5-10(9)15-11-8(7-12)3-2-6-13-11/h2-3,6,9-10H,4-5H2,1H3/t9-,10-/m1/s1. The lowest BCUT2D eigenvalue weighted by atomic mass is 9.92. The van der Waals surface area contributed by atoms with Crippen molar-refractivity contribution in [2.24, 2.45) is 0 Å². The Bertz CT molecular complexity index is 384. The molecule has 0 aliphatic heterocycles. The number of rotatable bonds is 3. The van der Waals surface area contributed by atoms with Gasteiger partial charge in [-0.1, -0.05) is 0 Å². The Morgan fingerprint density at radius 1 is 1.47 bits per heavy atom. The van der Waals surface area contributed by atoms with Gasteiger partial charge < -0.3 is 9.47 Å². The third kappa shape index (κ3) is 1.92. The number of pyridine rings is 1. The van der Waals surface area contributed by atoms with Crippen molar-refractivity contribution in [3.63, 3.8) is 0 Å². The van der Waals surface area contributed by atoms with Gasteiger partial charge in [0.15, 0.2) is 0 Å². The highest BCUT2D eigenvalue weighted by atomic mass is 16.5. The summed E-state index contributed by atoms with van der Waals surface area (Å²) in [6.07, 6.45) is 3.77. The van der Waals surface area contributed by atoms with Crippen molar-refractivity contribution in [2.75, 3.05) is 7.11 Å². The predicted molar refractivity (Wildman–Crippen MR) is 53.4 cm³/mol. The highest BCUT2D eigenvalue weighted by molar-refractivity contribution is 5.37. The highest BCUT2D eigenvalue weighted by Crippen LogP contribution is 2.28. The molecule has 0 saturated heterocycles. The van der Waals surface area contributed by atoms with Crippen molar-refractivity contribution in [1.29, 1.82) is 5.26 Å². The zero-order valence-electron chi connectivity index (χ0n) is 8.51. The van der Waals surface area contributed by atoms with Crippen LogP contribution in [-0.2, 0) is 4.74 Å². The maximum atomic E-state index is 8.84. The first kappa shape index (κ1) is 9.94. The first-order chi connectivity index (χ1) is 7.35. The van der Waals surface area contributed by atoms with E-state index < -0.39 is 0 Å². The molecule has 2 atom stereocenters. The van der Waals surface area contributed by atoms with Crippen molar-refractivity contribution in [3.05, 3.63) is 23.9 Å². The molecule has 2 rings (SSSR count).